The first-order valence-corrected chi connectivity index (χ1v) is 5.81. The second kappa shape index (κ2) is 6.58. The van der Waals surface area contributed by atoms with Crippen molar-refractivity contribution in [1.29, 1.82) is 0 Å². The third-order valence-corrected chi connectivity index (χ3v) is 2.31. The van der Waals surface area contributed by atoms with Crippen LogP contribution in [-0.4, -0.2) is 24.3 Å². The van der Waals surface area contributed by atoms with Gasteiger partial charge in [-0.15, -0.1) is 0 Å². The molecule has 0 saturated carbocycles. The zero-order chi connectivity index (χ0) is 13.6. The molecule has 0 spiro atoms. The highest BCUT2D eigenvalue weighted by atomic mass is 19.4. The molecule has 1 N–H and O–H groups in total. The van der Waals surface area contributed by atoms with Gasteiger partial charge in [0.25, 0.3) is 0 Å². The number of aromatic nitrogens is 1. The summed E-state index contributed by atoms with van der Waals surface area (Å²) in [6.07, 6.45) is -2.00. The standard InChI is InChI=1S/C12H17F3N2O/c1-3-6-16-9(2)11-5-4-10(7-17-11)18-8-12(13,14)15/h4-5,7,9,16H,3,6,8H2,1-2H3. The topological polar surface area (TPSA) is 34.1 Å². The normalized spacial score (nSPS) is 13.4. The van der Waals surface area contributed by atoms with E-state index < -0.39 is 12.8 Å². The van der Waals surface area contributed by atoms with Gasteiger partial charge in [0.1, 0.15) is 5.75 Å². The molecule has 0 radical (unpaired) electrons. The molecular formula is C12H17F3N2O. The summed E-state index contributed by atoms with van der Waals surface area (Å²) >= 11 is 0. The van der Waals surface area contributed by atoms with Gasteiger partial charge in [0.15, 0.2) is 6.61 Å². The van der Waals surface area contributed by atoms with Gasteiger partial charge in [-0.2, -0.15) is 13.2 Å². The Hall–Kier alpha value is -1.30. The fourth-order valence-electron chi connectivity index (χ4n) is 1.36. The summed E-state index contributed by atoms with van der Waals surface area (Å²) in [6, 6.07) is 3.23. The molecule has 1 heterocycles. The second-order valence-electron chi connectivity index (χ2n) is 4.00. The van der Waals surface area contributed by atoms with Crippen molar-refractivity contribution in [2.75, 3.05) is 13.2 Å². The van der Waals surface area contributed by atoms with Crippen LogP contribution in [0.3, 0.4) is 0 Å². The molecule has 0 amide bonds. The Kier molecular flexibility index (Phi) is 5.40. The van der Waals surface area contributed by atoms with Crippen molar-refractivity contribution in [3.63, 3.8) is 0 Å². The summed E-state index contributed by atoms with van der Waals surface area (Å²) in [7, 11) is 0. The molecule has 6 heteroatoms. The maximum atomic E-state index is 11.9. The lowest BCUT2D eigenvalue weighted by Gasteiger charge is -2.13. The Bertz CT molecular complexity index is 351. The maximum absolute atomic E-state index is 11.9. The number of pyridine rings is 1. The van der Waals surface area contributed by atoms with E-state index >= 15 is 0 Å². The van der Waals surface area contributed by atoms with Crippen LogP contribution in [-0.2, 0) is 0 Å². The van der Waals surface area contributed by atoms with Gasteiger partial charge in [0.05, 0.1) is 11.9 Å². The molecule has 1 rings (SSSR count). The van der Waals surface area contributed by atoms with Crippen molar-refractivity contribution in [2.24, 2.45) is 0 Å². The molecule has 0 aromatic carbocycles. The number of nitrogens with zero attached hydrogens (tertiary/aromatic N) is 1. The average Bonchev–Trinajstić information content (AvgIpc) is 2.33. The molecule has 1 aromatic heterocycles. The van der Waals surface area contributed by atoms with Gasteiger partial charge in [0.2, 0.25) is 0 Å². The summed E-state index contributed by atoms with van der Waals surface area (Å²) in [5, 5.41) is 3.24. The van der Waals surface area contributed by atoms with Gasteiger partial charge in [-0.3, -0.25) is 4.98 Å². The van der Waals surface area contributed by atoms with E-state index in [0.717, 1.165) is 18.7 Å². The number of nitrogens with one attached hydrogen (secondary N) is 1. The van der Waals surface area contributed by atoms with Gasteiger partial charge >= 0.3 is 6.18 Å². The van der Waals surface area contributed by atoms with Crippen LogP contribution in [0.4, 0.5) is 13.2 Å². The molecule has 0 aliphatic heterocycles. The summed E-state index contributed by atoms with van der Waals surface area (Å²) in [5.74, 6) is 0.124. The van der Waals surface area contributed by atoms with E-state index in [1.165, 1.54) is 12.3 Å². The third-order valence-electron chi connectivity index (χ3n) is 2.31. The van der Waals surface area contributed by atoms with Crippen LogP contribution in [0.1, 0.15) is 32.0 Å². The van der Waals surface area contributed by atoms with Crippen molar-refractivity contribution in [3.05, 3.63) is 24.0 Å². The number of alkyl halides is 3. The monoisotopic (exact) mass is 262 g/mol. The van der Waals surface area contributed by atoms with Crippen molar-refractivity contribution in [3.8, 4) is 5.75 Å². The van der Waals surface area contributed by atoms with Crippen molar-refractivity contribution in [1.82, 2.24) is 10.3 Å². The molecule has 0 bridgehead atoms. The van der Waals surface area contributed by atoms with Crippen LogP contribution in [0.15, 0.2) is 18.3 Å². The quantitative estimate of drug-likeness (QED) is 0.855. The molecule has 1 aromatic rings. The highest BCUT2D eigenvalue weighted by Gasteiger charge is 2.28. The van der Waals surface area contributed by atoms with Crippen LogP contribution in [0, 0.1) is 0 Å². The predicted molar refractivity (Wildman–Crippen MR) is 62.5 cm³/mol. The molecule has 0 saturated heterocycles. The minimum absolute atomic E-state index is 0.0709. The Morgan fingerprint density at radius 1 is 1.39 bits per heavy atom. The number of hydrogen-bond acceptors (Lipinski definition) is 3. The van der Waals surface area contributed by atoms with Crippen molar-refractivity contribution in [2.45, 2.75) is 32.5 Å². The molecule has 0 aliphatic rings. The van der Waals surface area contributed by atoms with Crippen LogP contribution >= 0.6 is 0 Å². The molecule has 1 atom stereocenters. The lowest BCUT2D eigenvalue weighted by molar-refractivity contribution is -0.153. The van der Waals surface area contributed by atoms with Crippen LogP contribution in [0.25, 0.3) is 0 Å². The van der Waals surface area contributed by atoms with Gasteiger partial charge in [-0.25, -0.2) is 0 Å². The molecule has 3 nitrogen and oxygen atoms in total. The first kappa shape index (κ1) is 14.8. The SMILES string of the molecule is CCCNC(C)c1ccc(OCC(F)(F)F)cn1. The van der Waals surface area contributed by atoms with Crippen molar-refractivity contribution < 1.29 is 17.9 Å². The first-order chi connectivity index (χ1) is 8.42. The summed E-state index contributed by atoms with van der Waals surface area (Å²) in [4.78, 5) is 4.08. The molecule has 102 valence electrons. The molecule has 18 heavy (non-hydrogen) atoms. The van der Waals surface area contributed by atoms with E-state index in [4.69, 9.17) is 0 Å². The minimum atomic E-state index is -4.32. The van der Waals surface area contributed by atoms with Gasteiger partial charge < -0.3 is 10.1 Å². The summed E-state index contributed by atoms with van der Waals surface area (Å²) in [6.45, 7) is 3.59. The van der Waals surface area contributed by atoms with E-state index in [1.807, 2.05) is 6.92 Å². The number of rotatable bonds is 6. The maximum Gasteiger partial charge on any atom is 0.422 e. The molecule has 1 unspecified atom stereocenters. The molecule has 0 fully saturated rings. The summed E-state index contributed by atoms with van der Waals surface area (Å²) < 4.78 is 40.4. The summed E-state index contributed by atoms with van der Waals surface area (Å²) in [5.41, 5.74) is 0.780. The van der Waals surface area contributed by atoms with E-state index in [2.05, 4.69) is 22.0 Å². The molecular weight excluding hydrogens is 245 g/mol. The third kappa shape index (κ3) is 5.35. The van der Waals surface area contributed by atoms with Crippen LogP contribution < -0.4 is 10.1 Å². The lowest BCUT2D eigenvalue weighted by atomic mass is 10.2. The Labute approximate surface area is 104 Å². The lowest BCUT2D eigenvalue weighted by Crippen LogP contribution is -2.21. The van der Waals surface area contributed by atoms with Crippen molar-refractivity contribution >= 4 is 0 Å². The smallest absolute Gasteiger partial charge is 0.422 e. The average molecular weight is 262 g/mol. The molecule has 0 aliphatic carbocycles. The first-order valence-electron chi connectivity index (χ1n) is 5.81. The number of halogens is 3. The van der Waals surface area contributed by atoms with E-state index in [-0.39, 0.29) is 11.8 Å². The van der Waals surface area contributed by atoms with Gasteiger partial charge in [-0.05, 0) is 32.0 Å². The second-order valence-corrected chi connectivity index (χ2v) is 4.00. The highest BCUT2D eigenvalue weighted by Crippen LogP contribution is 2.19. The number of hydrogen-bond donors (Lipinski definition) is 1. The largest absolute Gasteiger partial charge is 0.483 e. The van der Waals surface area contributed by atoms with Gasteiger partial charge in [0, 0.05) is 6.04 Å². The zero-order valence-electron chi connectivity index (χ0n) is 10.4. The number of ether oxygens (including phenoxy) is 1. The Balaban J connectivity index is 2.52. The van der Waals surface area contributed by atoms with Gasteiger partial charge in [-0.1, -0.05) is 6.92 Å². The minimum Gasteiger partial charge on any atom is -0.483 e. The van der Waals surface area contributed by atoms with E-state index in [9.17, 15) is 13.2 Å². The fraction of sp³-hybridized carbons (Fsp3) is 0.583. The van der Waals surface area contributed by atoms with Crippen LogP contribution in [0.5, 0.6) is 5.75 Å². The zero-order valence-corrected chi connectivity index (χ0v) is 10.4. The van der Waals surface area contributed by atoms with E-state index in [0.29, 0.717) is 0 Å². The van der Waals surface area contributed by atoms with Crippen LogP contribution in [0.2, 0.25) is 0 Å². The van der Waals surface area contributed by atoms with E-state index in [1.54, 1.807) is 6.07 Å². The Morgan fingerprint density at radius 2 is 2.11 bits per heavy atom. The fourth-order valence-corrected chi connectivity index (χ4v) is 1.36. The Morgan fingerprint density at radius 3 is 2.61 bits per heavy atom. The highest BCUT2D eigenvalue weighted by molar-refractivity contribution is 5.21. The predicted octanol–water partition coefficient (Wildman–Crippen LogP) is 3.08.